The van der Waals surface area contributed by atoms with Crippen molar-refractivity contribution in [3.05, 3.63) is 59.2 Å². The topological polar surface area (TPSA) is 41.0 Å². The number of hydrogen-bond acceptors (Lipinski definition) is 2. The average molecular weight is 280 g/mol. The number of nitrogens with one attached hydrogen (secondary N) is 2. The minimum absolute atomic E-state index is 0.395. The van der Waals surface area contributed by atoms with Crippen LogP contribution in [0, 0.1) is 6.92 Å². The second-order valence-electron chi connectivity index (χ2n) is 5.90. The standard InChI is InChI=1S/C18H20N2O/c1-12-9-10-13(21-12)11-19-17-8-4-6-15-14-5-2-3-7-16(14)20-18(15)17/h2-3,5,7,9-10,17,19-20H,4,6,8,11H2,1H3. The summed E-state index contributed by atoms with van der Waals surface area (Å²) < 4.78 is 5.65. The van der Waals surface area contributed by atoms with Crippen LogP contribution in [0.2, 0.25) is 0 Å². The van der Waals surface area contributed by atoms with Gasteiger partial charge in [-0.2, -0.15) is 0 Å². The molecule has 4 rings (SSSR count). The van der Waals surface area contributed by atoms with Crippen LogP contribution in [-0.4, -0.2) is 4.98 Å². The van der Waals surface area contributed by atoms with Crippen LogP contribution in [0.4, 0.5) is 0 Å². The van der Waals surface area contributed by atoms with Gasteiger partial charge in [0.05, 0.1) is 6.54 Å². The van der Waals surface area contributed by atoms with Gasteiger partial charge in [-0.05, 0) is 49.9 Å². The molecule has 0 bridgehead atoms. The van der Waals surface area contributed by atoms with Gasteiger partial charge < -0.3 is 14.7 Å². The highest BCUT2D eigenvalue weighted by atomic mass is 16.3. The second kappa shape index (κ2) is 5.08. The zero-order valence-electron chi connectivity index (χ0n) is 12.3. The Bertz CT molecular complexity index is 768. The van der Waals surface area contributed by atoms with Gasteiger partial charge >= 0.3 is 0 Å². The van der Waals surface area contributed by atoms with Crippen LogP contribution in [0.15, 0.2) is 40.8 Å². The number of aryl methyl sites for hydroxylation is 2. The Morgan fingerprint density at radius 2 is 2.14 bits per heavy atom. The lowest BCUT2D eigenvalue weighted by atomic mass is 9.91. The fourth-order valence-corrected chi connectivity index (χ4v) is 3.42. The molecule has 21 heavy (non-hydrogen) atoms. The number of aromatic nitrogens is 1. The van der Waals surface area contributed by atoms with Crippen molar-refractivity contribution in [1.82, 2.24) is 10.3 Å². The maximum Gasteiger partial charge on any atom is 0.117 e. The predicted molar refractivity (Wildman–Crippen MR) is 84.3 cm³/mol. The molecular formula is C18H20N2O. The number of H-pyrrole nitrogens is 1. The smallest absolute Gasteiger partial charge is 0.117 e. The lowest BCUT2D eigenvalue weighted by Crippen LogP contribution is -2.24. The van der Waals surface area contributed by atoms with E-state index in [-0.39, 0.29) is 0 Å². The van der Waals surface area contributed by atoms with Gasteiger partial charge in [-0.3, -0.25) is 0 Å². The van der Waals surface area contributed by atoms with E-state index in [1.165, 1.54) is 41.4 Å². The Kier molecular flexibility index (Phi) is 3.08. The van der Waals surface area contributed by atoms with E-state index in [1.54, 1.807) is 0 Å². The summed E-state index contributed by atoms with van der Waals surface area (Å²) in [5.41, 5.74) is 4.11. The van der Waals surface area contributed by atoms with E-state index in [0.29, 0.717) is 6.04 Å². The van der Waals surface area contributed by atoms with Crippen LogP contribution in [0.3, 0.4) is 0 Å². The van der Waals surface area contributed by atoms with Crippen molar-refractivity contribution in [2.75, 3.05) is 0 Å². The van der Waals surface area contributed by atoms with E-state index in [0.717, 1.165) is 18.1 Å². The maximum atomic E-state index is 5.65. The zero-order chi connectivity index (χ0) is 14.2. The Labute approximate surface area is 124 Å². The molecule has 2 heterocycles. The number of benzene rings is 1. The molecule has 0 fully saturated rings. The van der Waals surface area contributed by atoms with Gasteiger partial charge in [0.25, 0.3) is 0 Å². The average Bonchev–Trinajstić information content (AvgIpc) is 3.09. The van der Waals surface area contributed by atoms with Crippen LogP contribution < -0.4 is 5.32 Å². The van der Waals surface area contributed by atoms with Crippen molar-refractivity contribution in [2.45, 2.75) is 38.8 Å². The van der Waals surface area contributed by atoms with Gasteiger partial charge in [-0.1, -0.05) is 18.2 Å². The van der Waals surface area contributed by atoms with Gasteiger partial charge in [0.1, 0.15) is 11.5 Å². The normalized spacial score (nSPS) is 18.0. The fraction of sp³-hybridized carbons (Fsp3) is 0.333. The van der Waals surface area contributed by atoms with Gasteiger partial charge in [-0.25, -0.2) is 0 Å². The Morgan fingerprint density at radius 3 is 3.00 bits per heavy atom. The first-order chi connectivity index (χ1) is 10.3. The van der Waals surface area contributed by atoms with Crippen LogP contribution in [0.5, 0.6) is 0 Å². The summed E-state index contributed by atoms with van der Waals surface area (Å²) in [6.45, 7) is 2.77. The molecule has 3 heteroatoms. The SMILES string of the molecule is Cc1ccc(CNC2CCCc3c2[nH]c2ccccc32)o1. The van der Waals surface area contributed by atoms with Crippen LogP contribution >= 0.6 is 0 Å². The maximum absolute atomic E-state index is 5.65. The van der Waals surface area contributed by atoms with Crippen LogP contribution in [0.25, 0.3) is 10.9 Å². The van der Waals surface area contributed by atoms with Gasteiger partial charge in [0.2, 0.25) is 0 Å². The van der Waals surface area contributed by atoms with E-state index in [1.807, 2.05) is 13.0 Å². The molecule has 0 amide bonds. The summed E-state index contributed by atoms with van der Waals surface area (Å²) in [6, 6.07) is 13.1. The number of para-hydroxylation sites is 1. The number of rotatable bonds is 3. The molecule has 0 spiro atoms. The van der Waals surface area contributed by atoms with E-state index < -0.39 is 0 Å². The minimum Gasteiger partial charge on any atom is -0.465 e. The van der Waals surface area contributed by atoms with Crippen molar-refractivity contribution in [3.8, 4) is 0 Å². The molecule has 0 aliphatic heterocycles. The molecule has 3 nitrogen and oxygen atoms in total. The zero-order valence-corrected chi connectivity index (χ0v) is 12.3. The number of hydrogen-bond donors (Lipinski definition) is 2. The Hall–Kier alpha value is -2.00. The van der Waals surface area contributed by atoms with Gasteiger partial charge in [0.15, 0.2) is 0 Å². The van der Waals surface area contributed by atoms with Crippen molar-refractivity contribution in [1.29, 1.82) is 0 Å². The lowest BCUT2D eigenvalue weighted by molar-refractivity contribution is 0.406. The van der Waals surface area contributed by atoms with Gasteiger partial charge in [-0.15, -0.1) is 0 Å². The molecule has 2 N–H and O–H groups in total. The van der Waals surface area contributed by atoms with E-state index in [9.17, 15) is 0 Å². The summed E-state index contributed by atoms with van der Waals surface area (Å²) in [5, 5.41) is 5.03. The van der Waals surface area contributed by atoms with Gasteiger partial charge in [0, 0.05) is 22.6 Å². The summed E-state index contributed by atoms with van der Waals surface area (Å²) in [5.74, 6) is 1.98. The molecule has 0 radical (unpaired) electrons. The first-order valence-corrected chi connectivity index (χ1v) is 7.69. The van der Waals surface area contributed by atoms with Crippen molar-refractivity contribution >= 4 is 10.9 Å². The first-order valence-electron chi connectivity index (χ1n) is 7.69. The number of aromatic amines is 1. The van der Waals surface area contributed by atoms with Crippen molar-refractivity contribution < 1.29 is 4.42 Å². The third-order valence-corrected chi connectivity index (χ3v) is 4.43. The molecule has 1 aliphatic carbocycles. The molecule has 1 aliphatic rings. The second-order valence-corrected chi connectivity index (χ2v) is 5.90. The highest BCUT2D eigenvalue weighted by molar-refractivity contribution is 5.85. The third kappa shape index (κ3) is 2.28. The summed E-state index contributed by atoms with van der Waals surface area (Å²) >= 11 is 0. The molecule has 1 aromatic carbocycles. The van der Waals surface area contributed by atoms with Crippen LogP contribution in [-0.2, 0) is 13.0 Å². The lowest BCUT2D eigenvalue weighted by Gasteiger charge is -2.23. The monoisotopic (exact) mass is 280 g/mol. The van der Waals surface area contributed by atoms with E-state index in [2.05, 4.69) is 40.6 Å². The van der Waals surface area contributed by atoms with Crippen molar-refractivity contribution in [2.24, 2.45) is 0 Å². The largest absolute Gasteiger partial charge is 0.465 e. The predicted octanol–water partition coefficient (Wildman–Crippen LogP) is 4.24. The number of fused-ring (bicyclic) bond motifs is 3. The fourth-order valence-electron chi connectivity index (χ4n) is 3.42. The minimum atomic E-state index is 0.395. The quantitative estimate of drug-likeness (QED) is 0.753. The highest BCUT2D eigenvalue weighted by Gasteiger charge is 2.23. The van der Waals surface area contributed by atoms with Crippen molar-refractivity contribution in [3.63, 3.8) is 0 Å². The third-order valence-electron chi connectivity index (χ3n) is 4.43. The Morgan fingerprint density at radius 1 is 1.24 bits per heavy atom. The number of furan rings is 1. The summed E-state index contributed by atoms with van der Waals surface area (Å²) in [4.78, 5) is 3.61. The molecule has 1 atom stereocenters. The summed E-state index contributed by atoms with van der Waals surface area (Å²) in [7, 11) is 0. The summed E-state index contributed by atoms with van der Waals surface area (Å²) in [6.07, 6.45) is 3.60. The molecule has 108 valence electrons. The highest BCUT2D eigenvalue weighted by Crippen LogP contribution is 2.34. The molecular weight excluding hydrogens is 260 g/mol. The van der Waals surface area contributed by atoms with E-state index in [4.69, 9.17) is 4.42 Å². The molecule has 3 aromatic rings. The van der Waals surface area contributed by atoms with E-state index >= 15 is 0 Å². The molecule has 0 saturated heterocycles. The molecule has 1 unspecified atom stereocenters. The van der Waals surface area contributed by atoms with Crippen LogP contribution in [0.1, 0.15) is 41.7 Å². The molecule has 0 saturated carbocycles. The molecule has 2 aromatic heterocycles. The Balaban J connectivity index is 1.61. The first kappa shape index (κ1) is 12.7.